The van der Waals surface area contributed by atoms with E-state index in [-0.39, 0.29) is 34.3 Å². The second-order valence-corrected chi connectivity index (χ2v) is 7.50. The highest BCUT2D eigenvalue weighted by atomic mass is 19.1. The van der Waals surface area contributed by atoms with Crippen LogP contribution in [0.4, 0.5) is 4.39 Å². The van der Waals surface area contributed by atoms with E-state index in [1.165, 1.54) is 18.5 Å². The minimum absolute atomic E-state index is 0.134. The Morgan fingerprint density at radius 2 is 2.23 bits per heavy atom. The number of piperidine rings is 1. The van der Waals surface area contributed by atoms with Crippen molar-refractivity contribution in [3.05, 3.63) is 64.0 Å². The lowest BCUT2D eigenvalue weighted by Gasteiger charge is -2.30. The van der Waals surface area contributed by atoms with Crippen LogP contribution in [0, 0.1) is 12.7 Å². The first-order chi connectivity index (χ1) is 15.0. The predicted molar refractivity (Wildman–Crippen MR) is 107 cm³/mol. The van der Waals surface area contributed by atoms with Gasteiger partial charge in [-0.3, -0.25) is 9.59 Å². The number of aromatic nitrogens is 4. The Labute approximate surface area is 174 Å². The number of hydrogen-bond acceptors (Lipinski definition) is 7. The van der Waals surface area contributed by atoms with Crippen molar-refractivity contribution in [2.75, 3.05) is 13.1 Å². The molecule has 158 valence electrons. The van der Waals surface area contributed by atoms with Gasteiger partial charge in [0, 0.05) is 18.7 Å². The number of aryl methyl sites for hydroxylation is 1. The summed E-state index contributed by atoms with van der Waals surface area (Å²) in [5.74, 6) is 0.187. The van der Waals surface area contributed by atoms with Crippen LogP contribution in [0.3, 0.4) is 0 Å². The number of amides is 1. The zero-order valence-electron chi connectivity index (χ0n) is 16.6. The van der Waals surface area contributed by atoms with Gasteiger partial charge in [-0.05, 0) is 31.9 Å². The summed E-state index contributed by atoms with van der Waals surface area (Å²) in [6, 6.07) is 5.96. The van der Waals surface area contributed by atoms with Crippen molar-refractivity contribution in [2.45, 2.75) is 25.7 Å². The van der Waals surface area contributed by atoms with Gasteiger partial charge < -0.3 is 18.8 Å². The van der Waals surface area contributed by atoms with Crippen molar-refractivity contribution in [1.82, 2.24) is 25.0 Å². The van der Waals surface area contributed by atoms with Gasteiger partial charge in [0.25, 0.3) is 11.5 Å². The normalized spacial score (nSPS) is 16.7. The summed E-state index contributed by atoms with van der Waals surface area (Å²) in [5.41, 5.74) is 0.451. The maximum absolute atomic E-state index is 13.5. The summed E-state index contributed by atoms with van der Waals surface area (Å²) in [7, 11) is 0. The van der Waals surface area contributed by atoms with E-state index in [0.717, 1.165) is 12.8 Å². The first kappa shape index (κ1) is 19.2. The molecule has 0 bridgehead atoms. The Morgan fingerprint density at radius 3 is 3.06 bits per heavy atom. The number of fused-ring (bicyclic) bond motifs is 1. The van der Waals surface area contributed by atoms with Crippen LogP contribution in [0.2, 0.25) is 0 Å². The molecule has 9 nitrogen and oxygen atoms in total. The number of likely N-dealkylation sites (tertiary alicyclic amines) is 1. The van der Waals surface area contributed by atoms with Crippen molar-refractivity contribution in [3.8, 4) is 11.4 Å². The fourth-order valence-electron chi connectivity index (χ4n) is 3.98. The van der Waals surface area contributed by atoms with Crippen LogP contribution in [0.15, 0.2) is 44.3 Å². The van der Waals surface area contributed by atoms with Gasteiger partial charge in [0.1, 0.15) is 17.0 Å². The predicted octanol–water partition coefficient (Wildman–Crippen LogP) is 3.03. The van der Waals surface area contributed by atoms with Gasteiger partial charge in [-0.1, -0.05) is 17.3 Å². The Hall–Kier alpha value is -3.82. The third-order valence-electron chi connectivity index (χ3n) is 5.47. The summed E-state index contributed by atoms with van der Waals surface area (Å²) < 4.78 is 24.4. The molecule has 1 atom stereocenters. The molecule has 4 aromatic rings. The van der Waals surface area contributed by atoms with Crippen molar-refractivity contribution >= 4 is 17.0 Å². The van der Waals surface area contributed by atoms with E-state index >= 15 is 0 Å². The molecule has 0 spiro atoms. The van der Waals surface area contributed by atoms with Crippen molar-refractivity contribution in [1.29, 1.82) is 0 Å². The molecular weight excluding hydrogens is 405 g/mol. The minimum Gasteiger partial charge on any atom is -0.442 e. The molecule has 4 heterocycles. The van der Waals surface area contributed by atoms with Crippen LogP contribution in [0.1, 0.15) is 40.8 Å². The van der Waals surface area contributed by atoms with Crippen LogP contribution >= 0.6 is 0 Å². The Kier molecular flexibility index (Phi) is 4.61. The molecule has 5 rings (SSSR count). The lowest BCUT2D eigenvalue weighted by molar-refractivity contribution is 0.0695. The van der Waals surface area contributed by atoms with E-state index in [4.69, 9.17) is 8.94 Å². The third-order valence-corrected chi connectivity index (χ3v) is 5.47. The highest BCUT2D eigenvalue weighted by molar-refractivity contribution is 6.06. The molecule has 1 fully saturated rings. The molecule has 1 saturated heterocycles. The summed E-state index contributed by atoms with van der Waals surface area (Å²) in [6.07, 6.45) is 2.74. The lowest BCUT2D eigenvalue weighted by atomic mass is 9.97. The van der Waals surface area contributed by atoms with Crippen LogP contribution in [-0.4, -0.2) is 44.0 Å². The van der Waals surface area contributed by atoms with Crippen LogP contribution < -0.4 is 5.56 Å². The van der Waals surface area contributed by atoms with Gasteiger partial charge in [-0.25, -0.2) is 9.37 Å². The highest BCUT2D eigenvalue weighted by Gasteiger charge is 2.32. The van der Waals surface area contributed by atoms with E-state index in [2.05, 4.69) is 20.1 Å². The summed E-state index contributed by atoms with van der Waals surface area (Å²) in [5, 5.41) is 4.12. The van der Waals surface area contributed by atoms with Gasteiger partial charge in [0.05, 0.1) is 17.8 Å². The van der Waals surface area contributed by atoms with E-state index in [9.17, 15) is 14.0 Å². The largest absolute Gasteiger partial charge is 0.442 e. The molecule has 3 aromatic heterocycles. The van der Waals surface area contributed by atoms with Gasteiger partial charge in [0.15, 0.2) is 0 Å². The Balaban J connectivity index is 1.41. The Bertz CT molecular complexity index is 1340. The number of carbonyl (C=O) groups excluding carboxylic acids is 1. The number of rotatable bonds is 3. The van der Waals surface area contributed by atoms with Crippen molar-refractivity contribution in [2.24, 2.45) is 0 Å². The smallest absolute Gasteiger partial charge is 0.262 e. The number of carbonyl (C=O) groups is 1. The summed E-state index contributed by atoms with van der Waals surface area (Å²) in [4.78, 5) is 38.1. The molecule has 1 aliphatic heterocycles. The van der Waals surface area contributed by atoms with E-state index in [0.29, 0.717) is 36.1 Å². The molecule has 1 aliphatic rings. The van der Waals surface area contributed by atoms with Crippen molar-refractivity contribution < 1.29 is 18.1 Å². The number of aromatic amines is 1. The molecule has 0 aliphatic carbocycles. The molecule has 0 radical (unpaired) electrons. The number of H-pyrrole nitrogens is 1. The molecule has 0 saturated carbocycles. The maximum Gasteiger partial charge on any atom is 0.262 e. The fourth-order valence-corrected chi connectivity index (χ4v) is 3.98. The van der Waals surface area contributed by atoms with E-state index < -0.39 is 5.56 Å². The number of hydrogen-bond donors (Lipinski definition) is 1. The zero-order chi connectivity index (χ0) is 21.5. The summed E-state index contributed by atoms with van der Waals surface area (Å²) in [6.45, 7) is 2.53. The van der Waals surface area contributed by atoms with E-state index in [1.807, 2.05) is 0 Å². The molecule has 31 heavy (non-hydrogen) atoms. The number of benzene rings is 1. The molecule has 1 amide bonds. The zero-order valence-corrected chi connectivity index (χ0v) is 16.6. The van der Waals surface area contributed by atoms with Gasteiger partial charge in [-0.2, -0.15) is 4.98 Å². The molecule has 10 heteroatoms. The second kappa shape index (κ2) is 7.46. The van der Waals surface area contributed by atoms with Crippen LogP contribution in [0.5, 0.6) is 0 Å². The second-order valence-electron chi connectivity index (χ2n) is 7.50. The number of nitrogens with one attached hydrogen (secondary N) is 1. The lowest BCUT2D eigenvalue weighted by Crippen LogP contribution is -2.39. The van der Waals surface area contributed by atoms with Gasteiger partial charge >= 0.3 is 0 Å². The molecular formula is C21H18FN5O4. The molecule has 1 N–H and O–H groups in total. The molecule has 1 unspecified atom stereocenters. The fraction of sp³-hybridized carbons (Fsp3) is 0.286. The average molecular weight is 423 g/mol. The number of nitrogens with zero attached hydrogens (tertiary/aromatic N) is 4. The maximum atomic E-state index is 13.5. The quantitative estimate of drug-likeness (QED) is 0.538. The van der Waals surface area contributed by atoms with Gasteiger partial charge in [0.2, 0.25) is 17.4 Å². The first-order valence-electron chi connectivity index (χ1n) is 9.87. The van der Waals surface area contributed by atoms with Crippen molar-refractivity contribution in [3.63, 3.8) is 0 Å². The monoisotopic (exact) mass is 423 g/mol. The van der Waals surface area contributed by atoms with Crippen LogP contribution in [-0.2, 0) is 0 Å². The van der Waals surface area contributed by atoms with Gasteiger partial charge in [-0.15, -0.1) is 0 Å². The number of halogens is 1. The first-order valence-corrected chi connectivity index (χ1v) is 9.87. The average Bonchev–Trinajstić information content (AvgIpc) is 3.39. The van der Waals surface area contributed by atoms with Crippen LogP contribution in [0.25, 0.3) is 22.5 Å². The molecule has 1 aromatic carbocycles. The SMILES string of the molecule is Cc1oc2nc[nH]c(=O)c2c1C(=O)N1CCCC(c2nc(-c3cccc(F)c3)no2)C1. The van der Waals surface area contributed by atoms with E-state index in [1.54, 1.807) is 24.0 Å². The summed E-state index contributed by atoms with van der Waals surface area (Å²) >= 11 is 0. The number of furan rings is 1. The topological polar surface area (TPSA) is 118 Å². The standard InChI is InChI=1S/C21H18FN5O4/c1-11-15(16-18(28)23-10-24-20(16)30-11)21(29)27-7-3-5-13(9-27)19-25-17(26-31-19)12-4-2-6-14(22)8-12/h2,4,6,8,10,13H,3,5,7,9H2,1H3,(H,23,24,28). The third kappa shape index (κ3) is 3.39. The Morgan fingerprint density at radius 1 is 1.35 bits per heavy atom. The highest BCUT2D eigenvalue weighted by Crippen LogP contribution is 2.30. The minimum atomic E-state index is -0.421.